The number of hydrogen-bond donors (Lipinski definition) is 2. The number of amides is 1. The lowest BCUT2D eigenvalue weighted by Crippen LogP contribution is -2.18. The van der Waals surface area contributed by atoms with Crippen molar-refractivity contribution in [1.29, 1.82) is 0 Å². The second kappa shape index (κ2) is 6.34. The zero-order chi connectivity index (χ0) is 13.0. The predicted octanol–water partition coefficient (Wildman–Crippen LogP) is 2.86. The van der Waals surface area contributed by atoms with Gasteiger partial charge in [0.15, 0.2) is 0 Å². The average Bonchev–Trinajstić information content (AvgIpc) is 2.90. The summed E-state index contributed by atoms with van der Waals surface area (Å²) in [5.41, 5.74) is 1.47. The monoisotopic (exact) mass is 284 g/mol. The highest BCUT2D eigenvalue weighted by Gasteiger charge is 2.15. The maximum absolute atomic E-state index is 11.6. The molecule has 1 saturated heterocycles. The molecule has 0 radical (unpaired) electrons. The standard InChI is InChI=1S/C13H17ClN2OS/c1-15-13(17)10-2-3-11(14)12(6-10)16-7-9-4-5-18-8-9/h2-3,6,9,16H,4-5,7-8H2,1H3,(H,15,17). The smallest absolute Gasteiger partial charge is 0.251 e. The van der Waals surface area contributed by atoms with Crippen molar-refractivity contribution in [3.63, 3.8) is 0 Å². The van der Waals surface area contributed by atoms with E-state index in [1.807, 2.05) is 17.8 Å². The van der Waals surface area contributed by atoms with Gasteiger partial charge < -0.3 is 10.6 Å². The third kappa shape index (κ3) is 3.33. The van der Waals surface area contributed by atoms with E-state index in [-0.39, 0.29) is 5.91 Å². The number of nitrogens with one attached hydrogen (secondary N) is 2. The van der Waals surface area contributed by atoms with Crippen LogP contribution in [0.4, 0.5) is 5.69 Å². The Balaban J connectivity index is 2.03. The van der Waals surface area contributed by atoms with E-state index in [0.29, 0.717) is 16.5 Å². The molecule has 0 aromatic heterocycles. The van der Waals surface area contributed by atoms with E-state index in [2.05, 4.69) is 10.6 Å². The first kappa shape index (κ1) is 13.6. The summed E-state index contributed by atoms with van der Waals surface area (Å²) >= 11 is 8.13. The van der Waals surface area contributed by atoms with Gasteiger partial charge in [-0.05, 0) is 42.0 Å². The Bertz CT molecular complexity index is 433. The average molecular weight is 285 g/mol. The summed E-state index contributed by atoms with van der Waals surface area (Å²) in [6.07, 6.45) is 1.25. The molecule has 1 aromatic rings. The quantitative estimate of drug-likeness (QED) is 0.893. The van der Waals surface area contributed by atoms with E-state index in [1.165, 1.54) is 17.9 Å². The third-order valence-corrected chi connectivity index (χ3v) is 4.62. The van der Waals surface area contributed by atoms with Crippen molar-refractivity contribution in [3.8, 4) is 0 Å². The van der Waals surface area contributed by atoms with Gasteiger partial charge in [-0.1, -0.05) is 11.6 Å². The molecule has 0 bridgehead atoms. The molecular formula is C13H17ClN2OS. The van der Waals surface area contributed by atoms with Crippen LogP contribution in [-0.2, 0) is 0 Å². The van der Waals surface area contributed by atoms with Gasteiger partial charge in [-0.2, -0.15) is 11.8 Å². The first-order valence-corrected chi connectivity index (χ1v) is 7.57. The molecule has 3 nitrogen and oxygen atoms in total. The number of benzene rings is 1. The molecule has 2 rings (SSSR count). The van der Waals surface area contributed by atoms with Crippen LogP contribution in [0, 0.1) is 5.92 Å². The van der Waals surface area contributed by atoms with Gasteiger partial charge in [0.05, 0.1) is 10.7 Å². The molecule has 1 aliphatic rings. The minimum absolute atomic E-state index is 0.0915. The van der Waals surface area contributed by atoms with Gasteiger partial charge in [-0.3, -0.25) is 4.79 Å². The highest BCUT2D eigenvalue weighted by Crippen LogP contribution is 2.27. The summed E-state index contributed by atoms with van der Waals surface area (Å²) in [6, 6.07) is 5.30. The lowest BCUT2D eigenvalue weighted by molar-refractivity contribution is 0.0963. The summed E-state index contributed by atoms with van der Waals surface area (Å²) in [5.74, 6) is 3.07. The number of thioether (sulfide) groups is 1. The van der Waals surface area contributed by atoms with Gasteiger partial charge in [0.1, 0.15) is 0 Å². The van der Waals surface area contributed by atoms with Crippen LogP contribution in [0.1, 0.15) is 16.8 Å². The predicted molar refractivity (Wildman–Crippen MR) is 78.8 cm³/mol. The maximum Gasteiger partial charge on any atom is 0.251 e. The van der Waals surface area contributed by atoms with E-state index >= 15 is 0 Å². The number of anilines is 1. The number of carbonyl (C=O) groups excluding carboxylic acids is 1. The van der Waals surface area contributed by atoms with Crippen LogP contribution in [0.25, 0.3) is 0 Å². The van der Waals surface area contributed by atoms with Crippen molar-refractivity contribution in [2.45, 2.75) is 6.42 Å². The summed E-state index contributed by atoms with van der Waals surface area (Å²) < 4.78 is 0. The number of hydrogen-bond acceptors (Lipinski definition) is 3. The molecule has 0 saturated carbocycles. The molecule has 1 atom stereocenters. The lowest BCUT2D eigenvalue weighted by atomic mass is 10.1. The Hall–Kier alpha value is -0.870. The van der Waals surface area contributed by atoms with E-state index in [4.69, 9.17) is 11.6 Å². The Morgan fingerprint density at radius 1 is 1.56 bits per heavy atom. The summed E-state index contributed by atoms with van der Waals surface area (Å²) in [4.78, 5) is 11.6. The van der Waals surface area contributed by atoms with Gasteiger partial charge in [-0.15, -0.1) is 0 Å². The van der Waals surface area contributed by atoms with E-state index in [0.717, 1.165) is 12.2 Å². The van der Waals surface area contributed by atoms with Gasteiger partial charge >= 0.3 is 0 Å². The molecule has 1 heterocycles. The first-order chi connectivity index (χ1) is 8.70. The lowest BCUT2D eigenvalue weighted by Gasteiger charge is -2.13. The number of rotatable bonds is 4. The highest BCUT2D eigenvalue weighted by atomic mass is 35.5. The third-order valence-electron chi connectivity index (χ3n) is 3.06. The molecule has 0 aliphatic carbocycles. The molecule has 1 amide bonds. The molecule has 5 heteroatoms. The molecule has 1 aromatic carbocycles. The minimum atomic E-state index is -0.0915. The van der Waals surface area contributed by atoms with Crippen molar-refractivity contribution in [3.05, 3.63) is 28.8 Å². The minimum Gasteiger partial charge on any atom is -0.384 e. The van der Waals surface area contributed by atoms with Gasteiger partial charge in [0.2, 0.25) is 0 Å². The molecule has 2 N–H and O–H groups in total. The van der Waals surface area contributed by atoms with E-state index in [1.54, 1.807) is 19.2 Å². The topological polar surface area (TPSA) is 41.1 Å². The molecule has 98 valence electrons. The van der Waals surface area contributed by atoms with Crippen molar-refractivity contribution in [2.75, 3.05) is 30.4 Å². The van der Waals surface area contributed by atoms with Crippen molar-refractivity contribution in [1.82, 2.24) is 5.32 Å². The molecule has 1 fully saturated rings. The first-order valence-electron chi connectivity index (χ1n) is 6.04. The summed E-state index contributed by atoms with van der Waals surface area (Å²) in [6.45, 7) is 0.921. The molecular weight excluding hydrogens is 268 g/mol. The van der Waals surface area contributed by atoms with E-state index in [9.17, 15) is 4.79 Å². The van der Waals surface area contributed by atoms with Crippen LogP contribution in [-0.4, -0.2) is 31.0 Å². The number of carbonyl (C=O) groups is 1. The second-order valence-electron chi connectivity index (χ2n) is 4.38. The van der Waals surface area contributed by atoms with Crippen molar-refractivity contribution >= 4 is 35.0 Å². The van der Waals surface area contributed by atoms with Gasteiger partial charge in [0, 0.05) is 19.2 Å². The zero-order valence-electron chi connectivity index (χ0n) is 10.3. The molecule has 1 unspecified atom stereocenters. The fourth-order valence-corrected chi connectivity index (χ4v) is 3.41. The maximum atomic E-state index is 11.6. The van der Waals surface area contributed by atoms with Crippen molar-refractivity contribution in [2.24, 2.45) is 5.92 Å². The van der Waals surface area contributed by atoms with Gasteiger partial charge in [-0.25, -0.2) is 0 Å². The Morgan fingerprint density at radius 2 is 2.39 bits per heavy atom. The van der Waals surface area contributed by atoms with Crippen LogP contribution < -0.4 is 10.6 Å². The normalized spacial score (nSPS) is 18.7. The largest absolute Gasteiger partial charge is 0.384 e. The van der Waals surface area contributed by atoms with Crippen LogP contribution in [0.5, 0.6) is 0 Å². The molecule has 0 spiro atoms. The van der Waals surface area contributed by atoms with Crippen LogP contribution in [0.2, 0.25) is 5.02 Å². The molecule has 1 aliphatic heterocycles. The zero-order valence-corrected chi connectivity index (χ0v) is 11.9. The van der Waals surface area contributed by atoms with Crippen LogP contribution in [0.3, 0.4) is 0 Å². The Kier molecular flexibility index (Phi) is 4.78. The second-order valence-corrected chi connectivity index (χ2v) is 5.94. The Labute approximate surface area is 117 Å². The molecule has 18 heavy (non-hydrogen) atoms. The summed E-state index contributed by atoms with van der Waals surface area (Å²) in [7, 11) is 1.62. The highest BCUT2D eigenvalue weighted by molar-refractivity contribution is 7.99. The Morgan fingerprint density at radius 3 is 3.06 bits per heavy atom. The van der Waals surface area contributed by atoms with Crippen LogP contribution in [0.15, 0.2) is 18.2 Å². The van der Waals surface area contributed by atoms with Gasteiger partial charge in [0.25, 0.3) is 5.91 Å². The fourth-order valence-electron chi connectivity index (χ4n) is 1.94. The van der Waals surface area contributed by atoms with Crippen LogP contribution >= 0.6 is 23.4 Å². The summed E-state index contributed by atoms with van der Waals surface area (Å²) in [5, 5.41) is 6.62. The van der Waals surface area contributed by atoms with Crippen molar-refractivity contribution < 1.29 is 4.79 Å². The fraction of sp³-hybridized carbons (Fsp3) is 0.462. The van der Waals surface area contributed by atoms with E-state index < -0.39 is 0 Å². The SMILES string of the molecule is CNC(=O)c1ccc(Cl)c(NCC2CCSC2)c1. The number of halogens is 1.